The first-order valence-corrected chi connectivity index (χ1v) is 13.2. The van der Waals surface area contributed by atoms with E-state index in [1.165, 1.54) is 17.1 Å². The summed E-state index contributed by atoms with van der Waals surface area (Å²) in [5.74, 6) is 0.326. The Morgan fingerprint density at radius 1 is 1.07 bits per heavy atom. The third kappa shape index (κ3) is 9.65. The van der Waals surface area contributed by atoms with Crippen LogP contribution in [0, 0.1) is 5.92 Å². The molecule has 1 aromatic rings. The highest BCUT2D eigenvalue weighted by atomic mass is 32.2. The number of unbranched alkanes of at least 4 members (excludes halogenated alkanes) is 5. The lowest BCUT2D eigenvalue weighted by molar-refractivity contribution is -0.132. The number of nitrogens with zero attached hydrogens (tertiary/aromatic N) is 3. The molecule has 0 unspecified atom stereocenters. The number of carbonyl (C=O) groups excluding carboxylic acids is 1. The van der Waals surface area contributed by atoms with Gasteiger partial charge in [-0.15, -0.1) is 0 Å². The van der Waals surface area contributed by atoms with Gasteiger partial charge in [0.25, 0.3) is 0 Å². The highest BCUT2D eigenvalue weighted by Crippen LogP contribution is 2.13. The van der Waals surface area contributed by atoms with Gasteiger partial charge >= 0.3 is 0 Å². The van der Waals surface area contributed by atoms with Gasteiger partial charge in [-0.3, -0.25) is 4.79 Å². The molecule has 0 saturated heterocycles. The number of amides is 1. The summed E-state index contributed by atoms with van der Waals surface area (Å²) in [5, 5.41) is 0. The Morgan fingerprint density at radius 2 is 1.73 bits per heavy atom. The minimum Gasteiger partial charge on any atom is -0.353 e. The van der Waals surface area contributed by atoms with E-state index in [1.807, 2.05) is 36.9 Å². The highest BCUT2D eigenvalue weighted by Gasteiger charge is 2.26. The van der Waals surface area contributed by atoms with Crippen molar-refractivity contribution in [3.05, 3.63) is 24.0 Å². The Morgan fingerprint density at radius 3 is 2.30 bits per heavy atom. The van der Waals surface area contributed by atoms with Crippen LogP contribution in [0.3, 0.4) is 0 Å². The van der Waals surface area contributed by atoms with Gasteiger partial charge in [-0.05, 0) is 30.9 Å². The normalized spacial score (nSPS) is 12.1. The highest BCUT2D eigenvalue weighted by molar-refractivity contribution is 7.89. The Kier molecular flexibility index (Phi) is 12.3. The van der Waals surface area contributed by atoms with Crippen LogP contribution in [0.5, 0.6) is 0 Å². The smallest absolute Gasteiger partial charge is 0.238 e. The fourth-order valence-corrected chi connectivity index (χ4v) is 5.16. The monoisotopic (exact) mass is 441 g/mol. The van der Waals surface area contributed by atoms with E-state index < -0.39 is 10.0 Å². The minimum absolute atomic E-state index is 0.0663. The molecule has 1 heterocycles. The number of rotatable bonds is 16. The zero-order valence-electron chi connectivity index (χ0n) is 19.8. The molecule has 6 nitrogen and oxygen atoms in total. The van der Waals surface area contributed by atoms with E-state index in [4.69, 9.17) is 0 Å². The van der Waals surface area contributed by atoms with Crippen LogP contribution in [0.1, 0.15) is 78.3 Å². The zero-order valence-corrected chi connectivity index (χ0v) is 20.6. The molecule has 0 saturated carbocycles. The molecule has 7 heteroatoms. The molecule has 0 atom stereocenters. The fraction of sp³-hybridized carbons (Fsp3) is 0.783. The van der Waals surface area contributed by atoms with Crippen molar-refractivity contribution in [3.8, 4) is 0 Å². The van der Waals surface area contributed by atoms with E-state index in [0.29, 0.717) is 38.4 Å². The van der Waals surface area contributed by atoms with E-state index in [9.17, 15) is 13.2 Å². The van der Waals surface area contributed by atoms with Crippen molar-refractivity contribution < 1.29 is 13.2 Å². The molecule has 0 aliphatic carbocycles. The zero-order chi connectivity index (χ0) is 22.6. The van der Waals surface area contributed by atoms with E-state index >= 15 is 0 Å². The number of hydrogen-bond acceptors (Lipinski definition) is 3. The van der Waals surface area contributed by atoms with Crippen LogP contribution in [-0.4, -0.2) is 53.5 Å². The summed E-state index contributed by atoms with van der Waals surface area (Å²) in [4.78, 5) is 14.9. The van der Waals surface area contributed by atoms with Crippen molar-refractivity contribution >= 4 is 15.9 Å². The SMILES string of the molecule is CCCCCCCCS(=O)(=O)N(CCC)CC(=O)N(Cc1cccn1C)CC(C)C. The number of hydrogen-bond donors (Lipinski definition) is 0. The van der Waals surface area contributed by atoms with Crippen molar-refractivity contribution in [2.75, 3.05) is 25.4 Å². The summed E-state index contributed by atoms with van der Waals surface area (Å²) in [6.07, 6.45) is 8.88. The summed E-state index contributed by atoms with van der Waals surface area (Å²) in [6.45, 7) is 9.71. The van der Waals surface area contributed by atoms with Crippen molar-refractivity contribution in [2.24, 2.45) is 13.0 Å². The number of carbonyl (C=O) groups is 1. The van der Waals surface area contributed by atoms with Gasteiger partial charge in [0.15, 0.2) is 0 Å². The third-order valence-electron chi connectivity index (χ3n) is 5.28. The van der Waals surface area contributed by atoms with Crippen molar-refractivity contribution in [3.63, 3.8) is 0 Å². The standard InChI is InChI=1S/C23H43N3O3S/c1-6-8-9-10-11-12-17-30(28,29)26(15-7-2)20-23(27)25(18-21(3)4)19-22-14-13-16-24(22)5/h13-14,16,21H,6-12,15,17-20H2,1-5H3. The predicted molar refractivity (Wildman–Crippen MR) is 125 cm³/mol. The van der Waals surface area contributed by atoms with Gasteiger partial charge in [-0.25, -0.2) is 8.42 Å². The predicted octanol–water partition coefficient (Wildman–Crippen LogP) is 4.41. The molecule has 0 N–H and O–H groups in total. The quantitative estimate of drug-likeness (QED) is 0.357. The lowest BCUT2D eigenvalue weighted by Gasteiger charge is -2.28. The lowest BCUT2D eigenvalue weighted by atomic mass is 10.1. The van der Waals surface area contributed by atoms with Gasteiger partial charge in [0.05, 0.1) is 18.8 Å². The topological polar surface area (TPSA) is 62.6 Å². The average molecular weight is 442 g/mol. The summed E-state index contributed by atoms with van der Waals surface area (Å²) in [6, 6.07) is 3.96. The van der Waals surface area contributed by atoms with Gasteiger partial charge in [-0.2, -0.15) is 4.31 Å². The molecule has 0 bridgehead atoms. The number of aromatic nitrogens is 1. The summed E-state index contributed by atoms with van der Waals surface area (Å²) < 4.78 is 29.2. The maximum absolute atomic E-state index is 13.1. The maximum Gasteiger partial charge on any atom is 0.238 e. The lowest BCUT2D eigenvalue weighted by Crippen LogP contribution is -2.44. The summed E-state index contributed by atoms with van der Waals surface area (Å²) in [7, 11) is -1.46. The molecular weight excluding hydrogens is 398 g/mol. The second-order valence-corrected chi connectivity index (χ2v) is 10.8. The molecule has 0 aliphatic rings. The van der Waals surface area contributed by atoms with Crippen LogP contribution in [-0.2, 0) is 28.4 Å². The molecule has 30 heavy (non-hydrogen) atoms. The van der Waals surface area contributed by atoms with E-state index in [1.54, 1.807) is 4.90 Å². The second kappa shape index (κ2) is 13.9. The van der Waals surface area contributed by atoms with Crippen LogP contribution >= 0.6 is 0 Å². The van der Waals surface area contributed by atoms with Crippen LogP contribution < -0.4 is 0 Å². The fourth-order valence-electron chi connectivity index (χ4n) is 3.56. The van der Waals surface area contributed by atoms with Crippen molar-refractivity contribution in [2.45, 2.75) is 79.2 Å². The first kappa shape index (κ1) is 26.7. The Hall–Kier alpha value is -1.34. The first-order chi connectivity index (χ1) is 14.2. The minimum atomic E-state index is -3.42. The molecule has 0 fully saturated rings. The maximum atomic E-state index is 13.1. The Balaban J connectivity index is 2.76. The molecular formula is C23H43N3O3S. The molecule has 174 valence electrons. The summed E-state index contributed by atoms with van der Waals surface area (Å²) in [5.41, 5.74) is 1.04. The molecule has 1 aromatic heterocycles. The van der Waals surface area contributed by atoms with Crippen molar-refractivity contribution in [1.82, 2.24) is 13.8 Å². The van der Waals surface area contributed by atoms with Gasteiger partial charge in [-0.1, -0.05) is 59.8 Å². The summed E-state index contributed by atoms with van der Waals surface area (Å²) >= 11 is 0. The van der Waals surface area contributed by atoms with Crippen LogP contribution in [0.2, 0.25) is 0 Å². The average Bonchev–Trinajstić information content (AvgIpc) is 3.07. The van der Waals surface area contributed by atoms with Crippen LogP contribution in [0.15, 0.2) is 18.3 Å². The molecule has 0 aromatic carbocycles. The van der Waals surface area contributed by atoms with E-state index in [-0.39, 0.29) is 18.2 Å². The van der Waals surface area contributed by atoms with Gasteiger partial charge in [0.1, 0.15) is 0 Å². The second-order valence-electron chi connectivity index (χ2n) is 8.70. The molecule has 0 spiro atoms. The van der Waals surface area contributed by atoms with Gasteiger partial charge in [0, 0.05) is 32.0 Å². The molecule has 0 aliphatic heterocycles. The first-order valence-electron chi connectivity index (χ1n) is 11.6. The number of aryl methyl sites for hydroxylation is 1. The molecule has 1 rings (SSSR count). The van der Waals surface area contributed by atoms with E-state index in [0.717, 1.165) is 25.0 Å². The van der Waals surface area contributed by atoms with E-state index in [2.05, 4.69) is 20.8 Å². The molecule has 1 amide bonds. The van der Waals surface area contributed by atoms with Crippen LogP contribution in [0.25, 0.3) is 0 Å². The third-order valence-corrected chi connectivity index (χ3v) is 7.18. The molecule has 0 radical (unpaired) electrons. The Labute approximate surface area is 184 Å². The van der Waals surface area contributed by atoms with Crippen molar-refractivity contribution in [1.29, 1.82) is 0 Å². The largest absolute Gasteiger partial charge is 0.353 e. The van der Waals surface area contributed by atoms with Gasteiger partial charge in [0.2, 0.25) is 15.9 Å². The van der Waals surface area contributed by atoms with Crippen LogP contribution in [0.4, 0.5) is 0 Å². The number of sulfonamides is 1. The Bertz CT molecular complexity index is 713. The van der Waals surface area contributed by atoms with Gasteiger partial charge < -0.3 is 9.47 Å².